The molecular formula is C16H15BrN2O3S. The average molecular weight is 395 g/mol. The Morgan fingerprint density at radius 2 is 2.00 bits per heavy atom. The first-order valence-electron chi connectivity index (χ1n) is 6.80. The Bertz CT molecular complexity index is 765. The van der Waals surface area contributed by atoms with Crippen LogP contribution in [0.25, 0.3) is 0 Å². The van der Waals surface area contributed by atoms with E-state index in [2.05, 4.69) is 27.3 Å². The van der Waals surface area contributed by atoms with E-state index in [0.717, 1.165) is 10.5 Å². The summed E-state index contributed by atoms with van der Waals surface area (Å²) in [4.78, 5) is 23.3. The summed E-state index contributed by atoms with van der Waals surface area (Å²) >= 11 is 4.69. The summed E-state index contributed by atoms with van der Waals surface area (Å²) < 4.78 is 0.483. The molecule has 0 saturated carbocycles. The Kier molecular flexibility index (Phi) is 5.79. The number of hydrogen-bond donors (Lipinski definition) is 1. The minimum atomic E-state index is -0.480. The van der Waals surface area contributed by atoms with E-state index in [4.69, 9.17) is 0 Å². The number of halogens is 1. The molecule has 5 nitrogen and oxygen atoms in total. The van der Waals surface area contributed by atoms with Crippen molar-refractivity contribution in [2.24, 2.45) is 0 Å². The van der Waals surface area contributed by atoms with E-state index in [1.807, 2.05) is 26.0 Å². The van der Waals surface area contributed by atoms with Gasteiger partial charge >= 0.3 is 0 Å². The number of carbonyl (C=O) groups excluding carboxylic acids is 1. The van der Waals surface area contributed by atoms with Gasteiger partial charge in [-0.15, -0.1) is 11.8 Å². The largest absolute Gasteiger partial charge is 0.324 e. The molecule has 0 bridgehead atoms. The highest BCUT2D eigenvalue weighted by Gasteiger charge is 2.12. The van der Waals surface area contributed by atoms with Crippen LogP contribution in [0.2, 0.25) is 0 Å². The number of nitrogens with zero attached hydrogens (tertiary/aromatic N) is 1. The lowest BCUT2D eigenvalue weighted by Gasteiger charge is -2.09. The van der Waals surface area contributed by atoms with Crippen LogP contribution in [-0.4, -0.2) is 16.6 Å². The predicted octanol–water partition coefficient (Wildman–Crippen LogP) is 4.70. The van der Waals surface area contributed by atoms with Gasteiger partial charge in [0.2, 0.25) is 5.91 Å². The molecule has 7 heteroatoms. The van der Waals surface area contributed by atoms with E-state index < -0.39 is 4.92 Å². The van der Waals surface area contributed by atoms with Gasteiger partial charge in [-0.05, 0) is 47.5 Å². The van der Waals surface area contributed by atoms with Gasteiger partial charge in [0, 0.05) is 21.5 Å². The molecule has 2 aromatic rings. The van der Waals surface area contributed by atoms with Crippen molar-refractivity contribution in [1.29, 1.82) is 0 Å². The maximum absolute atomic E-state index is 12.0. The Morgan fingerprint density at radius 1 is 1.26 bits per heavy atom. The number of rotatable bonds is 5. The Hall–Kier alpha value is -1.86. The maximum atomic E-state index is 12.0. The third-order valence-corrected chi connectivity index (χ3v) is 4.96. The molecule has 0 heterocycles. The van der Waals surface area contributed by atoms with E-state index in [-0.39, 0.29) is 17.3 Å². The summed E-state index contributed by atoms with van der Waals surface area (Å²) in [6.45, 7) is 4.04. The molecule has 0 saturated heterocycles. The normalized spacial score (nSPS) is 10.4. The molecule has 0 atom stereocenters. The molecule has 0 radical (unpaired) electrons. The number of anilines is 1. The van der Waals surface area contributed by atoms with Crippen LogP contribution >= 0.6 is 27.7 Å². The highest BCUT2D eigenvalue weighted by molar-refractivity contribution is 9.10. The van der Waals surface area contributed by atoms with Gasteiger partial charge in [0.05, 0.1) is 16.4 Å². The number of non-ortho nitro benzene ring substituents is 1. The van der Waals surface area contributed by atoms with Crippen LogP contribution in [-0.2, 0) is 4.79 Å². The van der Waals surface area contributed by atoms with E-state index in [9.17, 15) is 14.9 Å². The summed E-state index contributed by atoms with van der Waals surface area (Å²) in [6, 6.07) is 10.3. The summed E-state index contributed by atoms with van der Waals surface area (Å²) in [5.74, 6) is 0.109. The summed E-state index contributed by atoms with van der Waals surface area (Å²) in [6.07, 6.45) is 0. The highest BCUT2D eigenvalue weighted by atomic mass is 79.9. The molecule has 2 rings (SSSR count). The van der Waals surface area contributed by atoms with Crippen molar-refractivity contribution in [3.63, 3.8) is 0 Å². The number of aryl methyl sites for hydroxylation is 2. The third-order valence-electron chi connectivity index (χ3n) is 3.13. The second kappa shape index (κ2) is 7.61. The summed E-state index contributed by atoms with van der Waals surface area (Å²) in [5, 5.41) is 13.4. The van der Waals surface area contributed by atoms with Crippen molar-refractivity contribution >= 4 is 45.0 Å². The highest BCUT2D eigenvalue weighted by Crippen LogP contribution is 2.28. The van der Waals surface area contributed by atoms with E-state index >= 15 is 0 Å². The fraction of sp³-hybridized carbons (Fsp3) is 0.188. The summed E-state index contributed by atoms with van der Waals surface area (Å²) in [7, 11) is 0. The first-order chi connectivity index (χ1) is 10.9. The molecule has 0 spiro atoms. The molecule has 1 N–H and O–H groups in total. The minimum absolute atomic E-state index is 0.0282. The zero-order valence-electron chi connectivity index (χ0n) is 12.6. The van der Waals surface area contributed by atoms with Crippen LogP contribution in [0.3, 0.4) is 0 Å². The number of amides is 1. The molecule has 0 aliphatic rings. The van der Waals surface area contributed by atoms with Gasteiger partial charge in [-0.25, -0.2) is 0 Å². The monoisotopic (exact) mass is 394 g/mol. The number of nitro benzene ring substituents is 1. The smallest absolute Gasteiger partial charge is 0.270 e. The number of benzene rings is 2. The number of nitrogens with one attached hydrogen (secondary N) is 1. The van der Waals surface area contributed by atoms with Crippen LogP contribution in [0.1, 0.15) is 11.1 Å². The SMILES string of the molecule is Cc1ccc(SCC(=O)Nc2ccc([N+](=O)[O-])cc2Br)c(C)c1. The number of nitro groups is 1. The second-order valence-electron chi connectivity index (χ2n) is 5.03. The van der Waals surface area contributed by atoms with Crippen molar-refractivity contribution in [3.8, 4) is 0 Å². The standard InChI is InChI=1S/C16H15BrN2O3S/c1-10-3-6-15(11(2)7-10)23-9-16(20)18-14-5-4-12(19(21)22)8-13(14)17/h3-8H,9H2,1-2H3,(H,18,20). The Morgan fingerprint density at radius 3 is 2.61 bits per heavy atom. The van der Waals surface area contributed by atoms with Crippen molar-refractivity contribution < 1.29 is 9.72 Å². The third kappa shape index (κ3) is 4.80. The van der Waals surface area contributed by atoms with Crippen LogP contribution in [0.5, 0.6) is 0 Å². The van der Waals surface area contributed by atoms with Crippen molar-refractivity contribution in [3.05, 3.63) is 62.1 Å². The van der Waals surface area contributed by atoms with Crippen LogP contribution < -0.4 is 5.32 Å². The first kappa shape index (κ1) is 17.5. The first-order valence-corrected chi connectivity index (χ1v) is 8.58. The molecule has 0 fully saturated rings. The zero-order chi connectivity index (χ0) is 17.0. The summed E-state index contributed by atoms with van der Waals surface area (Å²) in [5.41, 5.74) is 2.81. The topological polar surface area (TPSA) is 72.2 Å². The van der Waals surface area contributed by atoms with Crippen LogP contribution in [0, 0.1) is 24.0 Å². The quantitative estimate of drug-likeness (QED) is 0.452. The number of hydrogen-bond acceptors (Lipinski definition) is 4. The Balaban J connectivity index is 1.98. The second-order valence-corrected chi connectivity index (χ2v) is 6.90. The molecule has 1 amide bonds. The molecule has 0 aromatic heterocycles. The Labute approximate surface area is 146 Å². The number of carbonyl (C=O) groups is 1. The van der Waals surface area contributed by atoms with Crippen LogP contribution in [0.4, 0.5) is 11.4 Å². The number of thioether (sulfide) groups is 1. The molecule has 0 aliphatic heterocycles. The lowest BCUT2D eigenvalue weighted by molar-refractivity contribution is -0.384. The molecular weight excluding hydrogens is 380 g/mol. The van der Waals surface area contributed by atoms with Crippen molar-refractivity contribution in [2.45, 2.75) is 18.7 Å². The van der Waals surface area contributed by atoms with Gasteiger partial charge in [-0.3, -0.25) is 14.9 Å². The predicted molar refractivity (Wildman–Crippen MR) is 96.1 cm³/mol. The molecule has 23 heavy (non-hydrogen) atoms. The zero-order valence-corrected chi connectivity index (χ0v) is 15.0. The van der Waals surface area contributed by atoms with Crippen molar-refractivity contribution in [1.82, 2.24) is 0 Å². The van der Waals surface area contributed by atoms with Crippen LogP contribution in [0.15, 0.2) is 45.8 Å². The van der Waals surface area contributed by atoms with Gasteiger partial charge in [0.15, 0.2) is 0 Å². The lowest BCUT2D eigenvalue weighted by Crippen LogP contribution is -2.14. The minimum Gasteiger partial charge on any atom is -0.324 e. The van der Waals surface area contributed by atoms with E-state index in [0.29, 0.717) is 10.2 Å². The maximum Gasteiger partial charge on any atom is 0.270 e. The van der Waals surface area contributed by atoms with Gasteiger partial charge in [-0.1, -0.05) is 17.7 Å². The van der Waals surface area contributed by atoms with Gasteiger partial charge in [0.1, 0.15) is 0 Å². The lowest BCUT2D eigenvalue weighted by atomic mass is 10.2. The fourth-order valence-electron chi connectivity index (χ4n) is 2.01. The van der Waals surface area contributed by atoms with Gasteiger partial charge in [-0.2, -0.15) is 0 Å². The van der Waals surface area contributed by atoms with Crippen molar-refractivity contribution in [2.75, 3.05) is 11.1 Å². The molecule has 120 valence electrons. The molecule has 0 unspecified atom stereocenters. The average Bonchev–Trinajstić information content (AvgIpc) is 2.48. The molecule has 0 aliphatic carbocycles. The van der Waals surface area contributed by atoms with Gasteiger partial charge in [0.25, 0.3) is 5.69 Å². The molecule has 2 aromatic carbocycles. The van der Waals surface area contributed by atoms with E-state index in [1.54, 1.807) is 0 Å². The van der Waals surface area contributed by atoms with Gasteiger partial charge < -0.3 is 5.32 Å². The van der Waals surface area contributed by atoms with E-state index in [1.165, 1.54) is 35.5 Å². The fourth-order valence-corrected chi connectivity index (χ4v) is 3.29.